The fourth-order valence-corrected chi connectivity index (χ4v) is 2.79. The van der Waals surface area contributed by atoms with E-state index in [9.17, 15) is 4.79 Å². The first-order chi connectivity index (χ1) is 10.0. The van der Waals surface area contributed by atoms with Gasteiger partial charge in [-0.15, -0.1) is 0 Å². The molecular formula is C17H25N3O. The monoisotopic (exact) mass is 287 g/mol. The highest BCUT2D eigenvalue weighted by Gasteiger charge is 2.21. The Kier molecular flexibility index (Phi) is 5.02. The number of benzene rings is 1. The number of fused-ring (bicyclic) bond motifs is 1. The van der Waals surface area contributed by atoms with E-state index >= 15 is 0 Å². The Morgan fingerprint density at radius 1 is 1.48 bits per heavy atom. The predicted octanol–water partition coefficient (Wildman–Crippen LogP) is 2.05. The molecule has 21 heavy (non-hydrogen) atoms. The lowest BCUT2D eigenvalue weighted by atomic mass is 9.98. The van der Waals surface area contributed by atoms with Crippen molar-refractivity contribution in [3.05, 3.63) is 41.5 Å². The maximum atomic E-state index is 12.4. The number of anilines is 1. The van der Waals surface area contributed by atoms with Crippen LogP contribution in [0.25, 0.3) is 0 Å². The van der Waals surface area contributed by atoms with Crippen LogP contribution in [0, 0.1) is 0 Å². The van der Waals surface area contributed by atoms with Crippen LogP contribution in [0.4, 0.5) is 5.69 Å². The van der Waals surface area contributed by atoms with Gasteiger partial charge in [0, 0.05) is 31.9 Å². The van der Waals surface area contributed by atoms with Crippen LogP contribution in [0.1, 0.15) is 25.0 Å². The molecule has 0 unspecified atom stereocenters. The van der Waals surface area contributed by atoms with Gasteiger partial charge in [-0.1, -0.05) is 24.3 Å². The van der Waals surface area contributed by atoms with Crippen LogP contribution in [-0.2, 0) is 17.8 Å². The van der Waals surface area contributed by atoms with Crippen molar-refractivity contribution in [1.29, 1.82) is 0 Å². The second-order valence-electron chi connectivity index (χ2n) is 5.81. The summed E-state index contributed by atoms with van der Waals surface area (Å²) in [7, 11) is 0. The number of amides is 1. The molecule has 0 atom stereocenters. The zero-order chi connectivity index (χ0) is 15.4. The Hall–Kier alpha value is -1.81. The molecule has 0 bridgehead atoms. The number of likely N-dealkylation sites (N-methyl/N-ethyl adjacent to an activating group) is 1. The van der Waals surface area contributed by atoms with Crippen LogP contribution >= 0.6 is 0 Å². The van der Waals surface area contributed by atoms with E-state index in [0.29, 0.717) is 13.1 Å². The van der Waals surface area contributed by atoms with Gasteiger partial charge >= 0.3 is 0 Å². The maximum absolute atomic E-state index is 12.4. The summed E-state index contributed by atoms with van der Waals surface area (Å²) in [6, 6.07) is 6.06. The number of hydrogen-bond acceptors (Lipinski definition) is 3. The summed E-state index contributed by atoms with van der Waals surface area (Å²) in [6.45, 7) is 11.3. The average molecular weight is 287 g/mol. The van der Waals surface area contributed by atoms with Crippen molar-refractivity contribution in [1.82, 2.24) is 9.80 Å². The Bertz CT molecular complexity index is 539. The number of nitrogens with zero attached hydrogens (tertiary/aromatic N) is 2. The van der Waals surface area contributed by atoms with E-state index in [1.165, 1.54) is 11.1 Å². The lowest BCUT2D eigenvalue weighted by Gasteiger charge is -2.31. The highest BCUT2D eigenvalue weighted by molar-refractivity contribution is 5.78. The summed E-state index contributed by atoms with van der Waals surface area (Å²) in [4.78, 5) is 16.4. The summed E-state index contributed by atoms with van der Waals surface area (Å²) in [5.74, 6) is 0.165. The molecule has 4 nitrogen and oxygen atoms in total. The molecule has 114 valence electrons. The minimum Gasteiger partial charge on any atom is -0.398 e. The molecular weight excluding hydrogens is 262 g/mol. The normalized spacial score (nSPS) is 14.6. The topological polar surface area (TPSA) is 49.6 Å². The van der Waals surface area contributed by atoms with Crippen LogP contribution in [0.2, 0.25) is 0 Å². The fraction of sp³-hybridized carbons (Fsp3) is 0.471. The van der Waals surface area contributed by atoms with Crippen molar-refractivity contribution < 1.29 is 4.79 Å². The Morgan fingerprint density at radius 3 is 2.90 bits per heavy atom. The molecule has 0 saturated heterocycles. The van der Waals surface area contributed by atoms with Crippen LogP contribution in [-0.4, -0.2) is 41.9 Å². The van der Waals surface area contributed by atoms with Crippen molar-refractivity contribution in [2.75, 3.05) is 31.9 Å². The molecule has 1 aromatic carbocycles. The molecule has 0 fully saturated rings. The van der Waals surface area contributed by atoms with Crippen LogP contribution < -0.4 is 5.73 Å². The molecule has 0 aromatic heterocycles. The van der Waals surface area contributed by atoms with Crippen molar-refractivity contribution in [2.24, 2.45) is 0 Å². The Balaban J connectivity index is 2.00. The standard InChI is InChI=1S/C17H25N3O/c1-4-20(10-13(2)3)17(21)12-19-9-8-14-6-5-7-16(18)15(14)11-19/h5-7H,2,4,8-12,18H2,1,3H3. The minimum absolute atomic E-state index is 0.165. The summed E-state index contributed by atoms with van der Waals surface area (Å²) >= 11 is 0. The number of carbonyl (C=O) groups is 1. The smallest absolute Gasteiger partial charge is 0.237 e. The number of nitrogen functional groups attached to an aromatic ring is 1. The van der Waals surface area contributed by atoms with E-state index in [1.807, 2.05) is 30.9 Å². The second-order valence-corrected chi connectivity index (χ2v) is 5.81. The van der Waals surface area contributed by atoms with Gasteiger partial charge in [0.05, 0.1) is 6.54 Å². The van der Waals surface area contributed by atoms with Gasteiger partial charge in [-0.25, -0.2) is 0 Å². The van der Waals surface area contributed by atoms with E-state index in [0.717, 1.165) is 37.3 Å². The Labute approximate surface area is 127 Å². The van der Waals surface area contributed by atoms with Crippen LogP contribution in [0.15, 0.2) is 30.4 Å². The van der Waals surface area contributed by atoms with E-state index in [-0.39, 0.29) is 5.91 Å². The summed E-state index contributed by atoms with van der Waals surface area (Å²) in [5, 5.41) is 0. The van der Waals surface area contributed by atoms with E-state index in [4.69, 9.17) is 5.73 Å². The van der Waals surface area contributed by atoms with E-state index in [2.05, 4.69) is 17.5 Å². The fourth-order valence-electron chi connectivity index (χ4n) is 2.79. The zero-order valence-corrected chi connectivity index (χ0v) is 13.1. The second kappa shape index (κ2) is 6.76. The number of hydrogen-bond donors (Lipinski definition) is 1. The molecule has 2 rings (SSSR count). The van der Waals surface area contributed by atoms with Gasteiger partial charge in [-0.3, -0.25) is 9.69 Å². The van der Waals surface area contributed by atoms with E-state index < -0.39 is 0 Å². The van der Waals surface area contributed by atoms with Crippen molar-refractivity contribution >= 4 is 11.6 Å². The van der Waals surface area contributed by atoms with Crippen molar-refractivity contribution in [3.8, 4) is 0 Å². The summed E-state index contributed by atoms with van der Waals surface area (Å²) in [6.07, 6.45) is 0.959. The van der Waals surface area contributed by atoms with Gasteiger partial charge in [0.15, 0.2) is 0 Å². The van der Waals surface area contributed by atoms with Crippen molar-refractivity contribution in [2.45, 2.75) is 26.8 Å². The van der Waals surface area contributed by atoms with Gasteiger partial charge in [0.25, 0.3) is 0 Å². The molecule has 2 N–H and O–H groups in total. The zero-order valence-electron chi connectivity index (χ0n) is 13.1. The summed E-state index contributed by atoms with van der Waals surface area (Å²) in [5.41, 5.74) is 10.4. The number of nitrogens with two attached hydrogens (primary N) is 1. The molecule has 1 aromatic rings. The lowest BCUT2D eigenvalue weighted by molar-refractivity contribution is -0.132. The van der Waals surface area contributed by atoms with Gasteiger partial charge in [-0.2, -0.15) is 0 Å². The van der Waals surface area contributed by atoms with Gasteiger partial charge < -0.3 is 10.6 Å². The highest BCUT2D eigenvalue weighted by atomic mass is 16.2. The first kappa shape index (κ1) is 15.6. The van der Waals surface area contributed by atoms with E-state index in [1.54, 1.807) is 0 Å². The third-order valence-electron chi connectivity index (χ3n) is 3.94. The minimum atomic E-state index is 0.165. The molecule has 0 radical (unpaired) electrons. The summed E-state index contributed by atoms with van der Waals surface area (Å²) < 4.78 is 0. The van der Waals surface area contributed by atoms with Crippen LogP contribution in [0.5, 0.6) is 0 Å². The van der Waals surface area contributed by atoms with Crippen LogP contribution in [0.3, 0.4) is 0 Å². The maximum Gasteiger partial charge on any atom is 0.237 e. The lowest BCUT2D eigenvalue weighted by Crippen LogP contribution is -2.42. The molecule has 1 heterocycles. The first-order valence-corrected chi connectivity index (χ1v) is 7.52. The van der Waals surface area contributed by atoms with Gasteiger partial charge in [0.2, 0.25) is 5.91 Å². The third-order valence-corrected chi connectivity index (χ3v) is 3.94. The number of carbonyl (C=O) groups excluding carboxylic acids is 1. The molecule has 1 amide bonds. The predicted molar refractivity (Wildman–Crippen MR) is 86.9 cm³/mol. The molecule has 0 saturated carbocycles. The molecule has 1 aliphatic heterocycles. The molecule has 1 aliphatic rings. The Morgan fingerprint density at radius 2 is 2.24 bits per heavy atom. The quantitative estimate of drug-likeness (QED) is 0.666. The largest absolute Gasteiger partial charge is 0.398 e. The molecule has 0 spiro atoms. The SMILES string of the molecule is C=C(C)CN(CC)C(=O)CN1CCc2cccc(N)c2C1. The van der Waals surface area contributed by atoms with Crippen molar-refractivity contribution in [3.63, 3.8) is 0 Å². The first-order valence-electron chi connectivity index (χ1n) is 7.52. The number of rotatable bonds is 5. The molecule has 4 heteroatoms. The average Bonchev–Trinajstić information content (AvgIpc) is 2.45. The molecule has 0 aliphatic carbocycles. The van der Waals surface area contributed by atoms with Gasteiger partial charge in [0.1, 0.15) is 0 Å². The highest BCUT2D eigenvalue weighted by Crippen LogP contribution is 2.24. The van der Waals surface area contributed by atoms with Gasteiger partial charge in [-0.05, 0) is 37.5 Å². The third kappa shape index (κ3) is 3.85.